The number of Topliss-reactive ketones (excluding diaryl/α,β-unsaturated/α-hetero) is 1. The summed E-state index contributed by atoms with van der Waals surface area (Å²) in [7, 11) is 0. The van der Waals surface area contributed by atoms with Gasteiger partial charge < -0.3 is 11.1 Å². The predicted molar refractivity (Wildman–Crippen MR) is 64.0 cm³/mol. The fraction of sp³-hybridized carbons (Fsp3) is 0.455. The van der Waals surface area contributed by atoms with Gasteiger partial charge in [0.1, 0.15) is 0 Å². The van der Waals surface area contributed by atoms with Crippen LogP contribution in [-0.4, -0.2) is 17.7 Å². The van der Waals surface area contributed by atoms with Crippen molar-refractivity contribution < 1.29 is 9.59 Å². The molecule has 0 unspecified atom stereocenters. The standard InChI is InChI=1S/C11H14N2O2S/c1-5-8(6(2)14)10(12)16-9(5)11(15)13-7-3-4-7/h7H,3-4,12H2,1-2H3,(H,13,15). The van der Waals surface area contributed by atoms with Gasteiger partial charge in [-0.3, -0.25) is 9.59 Å². The summed E-state index contributed by atoms with van der Waals surface area (Å²) in [5.41, 5.74) is 6.94. The number of amides is 1. The van der Waals surface area contributed by atoms with Gasteiger partial charge in [-0.25, -0.2) is 0 Å². The fourth-order valence-corrected chi connectivity index (χ4v) is 2.69. The van der Waals surface area contributed by atoms with Crippen LogP contribution in [0.2, 0.25) is 0 Å². The molecule has 0 bridgehead atoms. The van der Waals surface area contributed by atoms with Crippen molar-refractivity contribution in [3.05, 3.63) is 16.0 Å². The highest BCUT2D eigenvalue weighted by Gasteiger charge is 2.27. The average Bonchev–Trinajstić information content (AvgIpc) is 2.91. The van der Waals surface area contributed by atoms with Crippen molar-refractivity contribution in [2.45, 2.75) is 32.7 Å². The Balaban J connectivity index is 2.30. The highest BCUT2D eigenvalue weighted by atomic mass is 32.1. The van der Waals surface area contributed by atoms with Gasteiger partial charge in [0.15, 0.2) is 5.78 Å². The lowest BCUT2D eigenvalue weighted by molar-refractivity contribution is 0.0954. The lowest BCUT2D eigenvalue weighted by Gasteiger charge is -2.01. The molecule has 1 aliphatic carbocycles. The van der Waals surface area contributed by atoms with Crippen LogP contribution >= 0.6 is 11.3 Å². The fourth-order valence-electron chi connectivity index (χ4n) is 1.67. The molecule has 0 atom stereocenters. The van der Waals surface area contributed by atoms with Gasteiger partial charge in [-0.05, 0) is 32.3 Å². The van der Waals surface area contributed by atoms with Crippen molar-refractivity contribution in [1.29, 1.82) is 0 Å². The molecule has 86 valence electrons. The monoisotopic (exact) mass is 238 g/mol. The van der Waals surface area contributed by atoms with Crippen LogP contribution in [0.3, 0.4) is 0 Å². The first-order valence-electron chi connectivity index (χ1n) is 5.21. The molecule has 0 spiro atoms. The number of nitrogen functional groups attached to an aromatic ring is 1. The van der Waals surface area contributed by atoms with Gasteiger partial charge in [-0.1, -0.05) is 0 Å². The summed E-state index contributed by atoms with van der Waals surface area (Å²) in [6.07, 6.45) is 2.09. The zero-order chi connectivity index (χ0) is 11.9. The Morgan fingerprint density at radius 1 is 1.44 bits per heavy atom. The molecular formula is C11H14N2O2S. The zero-order valence-electron chi connectivity index (χ0n) is 9.29. The third kappa shape index (κ3) is 1.95. The maximum absolute atomic E-state index is 11.8. The molecule has 2 rings (SSSR count). The summed E-state index contributed by atoms with van der Waals surface area (Å²) in [4.78, 5) is 23.8. The number of rotatable bonds is 3. The van der Waals surface area contributed by atoms with E-state index in [0.29, 0.717) is 27.0 Å². The Kier molecular flexibility index (Phi) is 2.71. The Labute approximate surface area is 97.8 Å². The molecule has 4 nitrogen and oxygen atoms in total. The van der Waals surface area contributed by atoms with Crippen LogP contribution in [0, 0.1) is 6.92 Å². The van der Waals surface area contributed by atoms with Gasteiger partial charge in [-0.2, -0.15) is 0 Å². The quantitative estimate of drug-likeness (QED) is 0.788. The van der Waals surface area contributed by atoms with Gasteiger partial charge in [0.05, 0.1) is 15.4 Å². The van der Waals surface area contributed by atoms with Crippen molar-refractivity contribution in [1.82, 2.24) is 5.32 Å². The van der Waals surface area contributed by atoms with Crippen LogP contribution in [0.5, 0.6) is 0 Å². The second kappa shape index (κ2) is 3.90. The van der Waals surface area contributed by atoms with E-state index in [4.69, 9.17) is 5.73 Å². The number of carbonyl (C=O) groups is 2. The summed E-state index contributed by atoms with van der Waals surface area (Å²) in [5, 5.41) is 3.33. The molecule has 1 saturated carbocycles. The van der Waals surface area contributed by atoms with E-state index in [1.807, 2.05) is 0 Å². The molecule has 0 radical (unpaired) electrons. The van der Waals surface area contributed by atoms with Gasteiger partial charge in [0.2, 0.25) is 0 Å². The van der Waals surface area contributed by atoms with E-state index in [9.17, 15) is 9.59 Å². The Hall–Kier alpha value is -1.36. The zero-order valence-corrected chi connectivity index (χ0v) is 10.1. The van der Waals surface area contributed by atoms with E-state index in [1.54, 1.807) is 6.92 Å². The van der Waals surface area contributed by atoms with Crippen molar-refractivity contribution in [3.63, 3.8) is 0 Å². The second-order valence-corrected chi connectivity index (χ2v) is 5.15. The van der Waals surface area contributed by atoms with Gasteiger partial charge in [0.25, 0.3) is 5.91 Å². The normalized spacial score (nSPS) is 14.9. The SMILES string of the molecule is CC(=O)c1c(N)sc(C(=O)NC2CC2)c1C. The summed E-state index contributed by atoms with van der Waals surface area (Å²) < 4.78 is 0. The first-order chi connectivity index (χ1) is 7.50. The molecule has 1 aromatic rings. The molecule has 0 aliphatic heterocycles. The maximum Gasteiger partial charge on any atom is 0.261 e. The van der Waals surface area contributed by atoms with Crippen LogP contribution < -0.4 is 11.1 Å². The van der Waals surface area contributed by atoms with Crippen LogP contribution in [0.4, 0.5) is 5.00 Å². The number of anilines is 1. The van der Waals surface area contributed by atoms with E-state index in [1.165, 1.54) is 18.3 Å². The Bertz CT molecular complexity index is 461. The third-order valence-electron chi connectivity index (χ3n) is 2.64. The predicted octanol–water partition coefficient (Wildman–Crippen LogP) is 1.73. The van der Waals surface area contributed by atoms with Crippen LogP contribution in [-0.2, 0) is 0 Å². The number of hydrogen-bond acceptors (Lipinski definition) is 4. The lowest BCUT2D eigenvalue weighted by Crippen LogP contribution is -2.25. The minimum atomic E-state index is -0.107. The minimum Gasteiger partial charge on any atom is -0.390 e. The van der Waals surface area contributed by atoms with Crippen molar-refractivity contribution in [2.24, 2.45) is 0 Å². The van der Waals surface area contributed by atoms with Crippen molar-refractivity contribution in [2.75, 3.05) is 5.73 Å². The summed E-state index contributed by atoms with van der Waals surface area (Å²) in [6.45, 7) is 3.24. The molecular weight excluding hydrogens is 224 g/mol. The largest absolute Gasteiger partial charge is 0.390 e. The van der Waals surface area contributed by atoms with Crippen LogP contribution in [0.15, 0.2) is 0 Å². The lowest BCUT2D eigenvalue weighted by atomic mass is 10.1. The van der Waals surface area contributed by atoms with E-state index in [0.717, 1.165) is 12.8 Å². The molecule has 5 heteroatoms. The van der Waals surface area contributed by atoms with Gasteiger partial charge in [-0.15, -0.1) is 11.3 Å². The molecule has 1 amide bonds. The topological polar surface area (TPSA) is 72.2 Å². The minimum absolute atomic E-state index is 0.0864. The molecule has 0 aromatic carbocycles. The van der Waals surface area contributed by atoms with Crippen molar-refractivity contribution >= 4 is 28.0 Å². The number of ketones is 1. The molecule has 16 heavy (non-hydrogen) atoms. The number of hydrogen-bond donors (Lipinski definition) is 2. The highest BCUT2D eigenvalue weighted by molar-refractivity contribution is 7.18. The second-order valence-electron chi connectivity index (χ2n) is 4.10. The summed E-state index contributed by atoms with van der Waals surface area (Å²) in [6, 6.07) is 0.316. The highest BCUT2D eigenvalue weighted by Crippen LogP contribution is 2.31. The van der Waals surface area contributed by atoms with E-state index in [-0.39, 0.29) is 11.7 Å². The number of carbonyl (C=O) groups excluding carboxylic acids is 2. The first kappa shape index (κ1) is 11.1. The number of nitrogens with one attached hydrogen (secondary N) is 1. The van der Waals surface area contributed by atoms with Gasteiger partial charge in [0, 0.05) is 6.04 Å². The smallest absolute Gasteiger partial charge is 0.261 e. The maximum atomic E-state index is 11.8. The van der Waals surface area contributed by atoms with E-state index in [2.05, 4.69) is 5.32 Å². The molecule has 3 N–H and O–H groups in total. The van der Waals surface area contributed by atoms with E-state index < -0.39 is 0 Å². The van der Waals surface area contributed by atoms with Crippen molar-refractivity contribution in [3.8, 4) is 0 Å². The molecule has 1 aliphatic rings. The molecule has 1 aromatic heterocycles. The Morgan fingerprint density at radius 2 is 2.06 bits per heavy atom. The number of thiophene rings is 1. The van der Waals surface area contributed by atoms with Gasteiger partial charge >= 0.3 is 0 Å². The molecule has 0 saturated heterocycles. The number of nitrogens with two attached hydrogens (primary N) is 1. The van der Waals surface area contributed by atoms with Crippen LogP contribution in [0.25, 0.3) is 0 Å². The van der Waals surface area contributed by atoms with E-state index >= 15 is 0 Å². The molecule has 1 fully saturated rings. The third-order valence-corrected chi connectivity index (χ3v) is 3.76. The first-order valence-corrected chi connectivity index (χ1v) is 6.03. The molecule has 1 heterocycles. The summed E-state index contributed by atoms with van der Waals surface area (Å²) in [5.74, 6) is -0.194. The average molecular weight is 238 g/mol. The van der Waals surface area contributed by atoms with Crippen LogP contribution in [0.1, 0.15) is 45.4 Å². The summed E-state index contributed by atoms with van der Waals surface area (Å²) >= 11 is 1.19. The Morgan fingerprint density at radius 3 is 2.50 bits per heavy atom.